The second kappa shape index (κ2) is 15.3. The summed E-state index contributed by atoms with van der Waals surface area (Å²) in [6.07, 6.45) is 0. The third-order valence-electron chi connectivity index (χ3n) is 11.9. The van der Waals surface area contributed by atoms with Gasteiger partial charge >= 0.3 is 0 Å². The van der Waals surface area contributed by atoms with Crippen LogP contribution in [0.3, 0.4) is 0 Å². The average molecular weight is 814 g/mol. The topological polar surface area (TPSA) is 13.1 Å². The van der Waals surface area contributed by atoms with E-state index >= 15 is 0 Å². The van der Waals surface area contributed by atoms with E-state index in [0.29, 0.717) is 0 Å². The van der Waals surface area contributed by atoms with Gasteiger partial charge in [-0.2, -0.15) is 0 Å². The summed E-state index contributed by atoms with van der Waals surface area (Å²) in [5, 5.41) is 4.53. The zero-order valence-corrected chi connectivity index (χ0v) is 33.7. The second-order valence-corrected chi connectivity index (χ2v) is 15.5. The first-order chi connectivity index (χ1) is 35.4. The molecule has 2 aromatic heterocycles. The number of nitrogens with zero attached hydrogens (tertiary/aromatic N) is 3. The zero-order valence-electron chi connectivity index (χ0n) is 43.7. The quantitative estimate of drug-likeness (QED) is 0.149. The molecule has 296 valence electrons. The molecule has 0 aliphatic heterocycles. The Labute approximate surface area is 380 Å². The first kappa shape index (κ1) is 27.4. The molecule has 12 rings (SSSR count). The van der Waals surface area contributed by atoms with Gasteiger partial charge in [0.15, 0.2) is 0 Å². The molecule has 0 aliphatic carbocycles. The monoisotopic (exact) mass is 813 g/mol. The predicted octanol–water partition coefficient (Wildman–Crippen LogP) is 16.4. The fourth-order valence-electron chi connectivity index (χ4n) is 9.02. The molecule has 0 radical (unpaired) electrons. The molecule has 0 bridgehead atoms. The summed E-state index contributed by atoms with van der Waals surface area (Å²) in [6.45, 7) is 0. The van der Waals surface area contributed by atoms with Gasteiger partial charge in [-0.15, -0.1) is 0 Å². The van der Waals surface area contributed by atoms with Crippen molar-refractivity contribution in [1.82, 2.24) is 9.13 Å². The highest BCUT2D eigenvalue weighted by atomic mass is 15.1. The van der Waals surface area contributed by atoms with Crippen molar-refractivity contribution in [2.45, 2.75) is 0 Å². The molecule has 0 N–H and O–H groups in total. The number of para-hydroxylation sites is 6. The first-order valence-electron chi connectivity index (χ1n) is 25.8. The summed E-state index contributed by atoms with van der Waals surface area (Å²) in [7, 11) is 0. The van der Waals surface area contributed by atoms with Crippen LogP contribution in [0.2, 0.25) is 0 Å². The van der Waals surface area contributed by atoms with E-state index in [1.165, 1.54) is 4.90 Å². The predicted molar refractivity (Wildman–Crippen MR) is 266 cm³/mol. The molecule has 2 heterocycles. The third kappa shape index (κ3) is 6.38. The van der Waals surface area contributed by atoms with Gasteiger partial charge in [-0.05, 0) is 136 Å². The highest BCUT2D eigenvalue weighted by Crippen LogP contribution is 2.41. The fraction of sp³-hybridized carbons (Fsp3) is 0. The van der Waals surface area contributed by atoms with E-state index in [4.69, 9.17) is 13.7 Å². The Kier molecular flexibility index (Phi) is 6.65. The van der Waals surface area contributed by atoms with Crippen LogP contribution in [0.1, 0.15) is 13.7 Å². The normalized spacial score (nSPS) is 13.7. The number of rotatable bonds is 8. The molecule has 0 fully saturated rings. The first-order valence-corrected chi connectivity index (χ1v) is 20.8. The Morgan fingerprint density at radius 3 is 1.13 bits per heavy atom. The molecule has 63 heavy (non-hydrogen) atoms. The number of fused-ring (bicyclic) bond motifs is 6. The van der Waals surface area contributed by atoms with Crippen LogP contribution in [-0.2, 0) is 0 Å². The summed E-state index contributed by atoms with van der Waals surface area (Å²) in [4.78, 5) is 1.17. The molecule has 10 aromatic carbocycles. The lowest BCUT2D eigenvalue weighted by Crippen LogP contribution is -2.09. The van der Waals surface area contributed by atoms with Crippen molar-refractivity contribution in [1.29, 1.82) is 0 Å². The van der Waals surface area contributed by atoms with Gasteiger partial charge in [0, 0.05) is 50.0 Å². The number of benzene rings is 10. The summed E-state index contributed by atoms with van der Waals surface area (Å²) < 4.78 is 91.2. The van der Waals surface area contributed by atoms with E-state index < -0.39 is 60.4 Å². The van der Waals surface area contributed by atoms with Gasteiger partial charge < -0.3 is 14.0 Å². The van der Waals surface area contributed by atoms with Crippen LogP contribution < -0.4 is 4.90 Å². The highest BCUT2D eigenvalue weighted by molar-refractivity contribution is 6.11. The number of hydrogen-bond acceptors (Lipinski definition) is 1. The molecule has 12 aromatic rings. The largest absolute Gasteiger partial charge is 0.311 e. The van der Waals surface area contributed by atoms with E-state index in [1.807, 2.05) is 48.5 Å². The molecule has 0 amide bonds. The van der Waals surface area contributed by atoms with Gasteiger partial charge in [-0.3, -0.25) is 0 Å². The summed E-state index contributed by atoms with van der Waals surface area (Å²) in [6, 6.07) is 58.1. The molecular weight excluding hydrogens is 763 g/mol. The Morgan fingerprint density at radius 1 is 0.286 bits per heavy atom. The van der Waals surface area contributed by atoms with E-state index in [0.717, 1.165) is 88.4 Å². The van der Waals surface area contributed by atoms with Crippen molar-refractivity contribution < 1.29 is 13.7 Å². The van der Waals surface area contributed by atoms with Gasteiger partial charge in [0.25, 0.3) is 0 Å². The minimum atomic E-state index is -0.626. The molecule has 0 atom stereocenters. The SMILES string of the molecule is [2H]c1c([2H])c([2H])c(N(c2ccc(-c3cc(-c4ccc5c6ccccc6n(-c6ccccc6)c5c4)cc(-c4ccc5c6ccccc6n(-c6ccccc6)c5c4)c3)cc2)c2c([2H])c([2H])c([2H])c([2H])c2[2H])c([2H])c1[2H]. The summed E-state index contributed by atoms with van der Waals surface area (Å²) in [5.74, 6) is 0. The minimum Gasteiger partial charge on any atom is -0.311 e. The van der Waals surface area contributed by atoms with Crippen LogP contribution in [0.25, 0.3) is 88.4 Å². The highest BCUT2D eigenvalue weighted by Gasteiger charge is 2.18. The lowest BCUT2D eigenvalue weighted by molar-refractivity contribution is 1.18. The van der Waals surface area contributed by atoms with E-state index in [-0.39, 0.29) is 17.1 Å². The molecule has 0 aliphatic rings. The van der Waals surface area contributed by atoms with Gasteiger partial charge in [-0.1, -0.05) is 145 Å². The van der Waals surface area contributed by atoms with Crippen LogP contribution >= 0.6 is 0 Å². The van der Waals surface area contributed by atoms with Gasteiger partial charge in [0.1, 0.15) is 0 Å². The Bertz CT molecular complexity index is 3900. The van der Waals surface area contributed by atoms with Crippen molar-refractivity contribution in [2.75, 3.05) is 4.90 Å². The Hall–Kier alpha value is -8.40. The number of aromatic nitrogens is 2. The number of hydrogen-bond donors (Lipinski definition) is 0. The third-order valence-corrected chi connectivity index (χ3v) is 11.9. The Balaban J connectivity index is 1.08. The maximum absolute atomic E-state index is 8.96. The van der Waals surface area contributed by atoms with Crippen LogP contribution in [0.5, 0.6) is 0 Å². The molecule has 3 heteroatoms. The van der Waals surface area contributed by atoms with Crippen molar-refractivity contribution in [2.24, 2.45) is 0 Å². The van der Waals surface area contributed by atoms with Crippen LogP contribution in [0, 0.1) is 0 Å². The Morgan fingerprint density at radius 2 is 0.667 bits per heavy atom. The molecular formula is C60H41N3. The van der Waals surface area contributed by atoms with Crippen molar-refractivity contribution in [3.8, 4) is 44.8 Å². The smallest absolute Gasteiger partial charge is 0.0645 e. The van der Waals surface area contributed by atoms with Gasteiger partial charge in [0.05, 0.1) is 35.8 Å². The van der Waals surface area contributed by atoms with Crippen LogP contribution in [0.4, 0.5) is 17.1 Å². The number of anilines is 3. The maximum atomic E-state index is 8.96. The summed E-state index contributed by atoms with van der Waals surface area (Å²) >= 11 is 0. The van der Waals surface area contributed by atoms with Gasteiger partial charge in [-0.25, -0.2) is 0 Å². The molecule has 0 spiro atoms. The maximum Gasteiger partial charge on any atom is 0.0645 e. The molecule has 3 nitrogen and oxygen atoms in total. The standard InChI is InChI=1S/C60H41N3/c1-5-17-48(18-6-1)61(49-19-7-2-8-20-49)52-33-29-42(30-34-52)45-37-46(43-31-35-55-53-25-13-15-27-57(53)62(59(55)40-43)50-21-9-3-10-22-50)39-47(38-45)44-32-36-56-54-26-14-16-28-58(54)63(60(56)41-44)51-23-11-4-12-24-51/h1-41H/i1D,2D,5D,6D,7D,8D,17D,18D,19D,20D. The van der Waals surface area contributed by atoms with Crippen molar-refractivity contribution in [3.05, 3.63) is 248 Å². The lowest BCUT2D eigenvalue weighted by atomic mass is 9.92. The fourth-order valence-corrected chi connectivity index (χ4v) is 9.02. The van der Waals surface area contributed by atoms with Crippen molar-refractivity contribution in [3.63, 3.8) is 0 Å². The average Bonchev–Trinajstić information content (AvgIpc) is 3.95. The zero-order chi connectivity index (χ0) is 50.4. The van der Waals surface area contributed by atoms with E-state index in [2.05, 4.69) is 137 Å². The summed E-state index contributed by atoms with van der Waals surface area (Å²) in [5.41, 5.74) is 11.4. The van der Waals surface area contributed by atoms with Crippen LogP contribution in [-0.4, -0.2) is 9.13 Å². The molecule has 0 unspecified atom stereocenters. The van der Waals surface area contributed by atoms with E-state index in [9.17, 15) is 0 Å². The lowest BCUT2D eigenvalue weighted by Gasteiger charge is -2.25. The van der Waals surface area contributed by atoms with E-state index in [1.54, 1.807) is 12.1 Å². The second-order valence-electron chi connectivity index (χ2n) is 15.5. The minimum absolute atomic E-state index is 0.218. The van der Waals surface area contributed by atoms with Gasteiger partial charge in [0.2, 0.25) is 0 Å². The van der Waals surface area contributed by atoms with Crippen LogP contribution in [0.15, 0.2) is 248 Å². The molecule has 0 saturated carbocycles. The molecule has 0 saturated heterocycles. The van der Waals surface area contributed by atoms with Crippen molar-refractivity contribution >= 4 is 60.7 Å².